The second-order valence-corrected chi connectivity index (χ2v) is 6.24. The summed E-state index contributed by atoms with van der Waals surface area (Å²) in [6.45, 7) is 6.20. The quantitative estimate of drug-likeness (QED) is 0.910. The van der Waals surface area contributed by atoms with E-state index in [0.717, 1.165) is 16.9 Å². The summed E-state index contributed by atoms with van der Waals surface area (Å²) >= 11 is 0. The zero-order valence-electron chi connectivity index (χ0n) is 12.9. The maximum atomic E-state index is 13.0. The Morgan fingerprint density at radius 3 is 2.43 bits per heavy atom. The minimum absolute atomic E-state index is 0.0633. The largest absolute Gasteiger partial charge is 0.394 e. The van der Waals surface area contributed by atoms with E-state index in [1.807, 2.05) is 13.2 Å². The first-order valence-corrected chi connectivity index (χ1v) is 6.98. The Kier molecular flexibility index (Phi) is 4.32. The lowest BCUT2D eigenvalue weighted by atomic mass is 9.87. The topological polar surface area (TPSA) is 50.1 Å². The first-order valence-electron chi connectivity index (χ1n) is 6.98. The minimum atomic E-state index is -0.280. The van der Waals surface area contributed by atoms with Gasteiger partial charge in [0.05, 0.1) is 18.3 Å². The van der Waals surface area contributed by atoms with Crippen LogP contribution >= 0.6 is 0 Å². The summed E-state index contributed by atoms with van der Waals surface area (Å²) < 4.78 is 14.7. The standard InChI is InChI=1S/C16H22FN3O/c1-16(2,3)15-13(9-20(4)19-15)14(10-21)18-12-7-5-11(17)6-8-12/h5-9,14,18,21H,10H2,1-4H3. The number of aliphatic hydroxyl groups excluding tert-OH is 1. The zero-order chi connectivity index (χ0) is 15.6. The molecule has 0 bridgehead atoms. The van der Waals surface area contributed by atoms with Crippen molar-refractivity contribution in [3.8, 4) is 0 Å². The monoisotopic (exact) mass is 291 g/mol. The van der Waals surface area contributed by atoms with E-state index in [2.05, 4.69) is 31.2 Å². The van der Waals surface area contributed by atoms with Crippen molar-refractivity contribution < 1.29 is 9.50 Å². The van der Waals surface area contributed by atoms with Crippen LogP contribution in [0.1, 0.15) is 38.1 Å². The second-order valence-electron chi connectivity index (χ2n) is 6.24. The van der Waals surface area contributed by atoms with Crippen LogP contribution in [0.15, 0.2) is 30.5 Å². The molecular formula is C16H22FN3O. The number of aliphatic hydroxyl groups is 1. The van der Waals surface area contributed by atoms with Crippen LogP contribution in [0.5, 0.6) is 0 Å². The number of rotatable bonds is 4. The van der Waals surface area contributed by atoms with Crippen LogP contribution in [0.2, 0.25) is 0 Å². The van der Waals surface area contributed by atoms with Gasteiger partial charge in [-0.2, -0.15) is 5.10 Å². The van der Waals surface area contributed by atoms with Crippen molar-refractivity contribution >= 4 is 5.69 Å². The zero-order valence-corrected chi connectivity index (χ0v) is 12.9. The third-order valence-electron chi connectivity index (χ3n) is 3.31. The van der Waals surface area contributed by atoms with Crippen molar-refractivity contribution in [3.63, 3.8) is 0 Å². The highest BCUT2D eigenvalue weighted by Crippen LogP contribution is 2.30. The van der Waals surface area contributed by atoms with Crippen LogP contribution in [0.25, 0.3) is 0 Å². The lowest BCUT2D eigenvalue weighted by Gasteiger charge is -2.23. The van der Waals surface area contributed by atoms with Crippen molar-refractivity contribution in [1.29, 1.82) is 0 Å². The maximum Gasteiger partial charge on any atom is 0.123 e. The number of aryl methyl sites for hydroxylation is 1. The lowest BCUT2D eigenvalue weighted by Crippen LogP contribution is -2.21. The molecule has 0 aliphatic carbocycles. The van der Waals surface area contributed by atoms with Gasteiger partial charge in [0.25, 0.3) is 0 Å². The summed E-state index contributed by atoms with van der Waals surface area (Å²) in [6, 6.07) is 5.82. The Morgan fingerprint density at radius 1 is 1.29 bits per heavy atom. The van der Waals surface area contributed by atoms with E-state index >= 15 is 0 Å². The van der Waals surface area contributed by atoms with Gasteiger partial charge in [0.2, 0.25) is 0 Å². The molecule has 0 amide bonds. The number of nitrogens with zero attached hydrogens (tertiary/aromatic N) is 2. The first-order chi connectivity index (χ1) is 9.81. The fourth-order valence-corrected chi connectivity index (χ4v) is 2.31. The van der Waals surface area contributed by atoms with Gasteiger partial charge in [0, 0.05) is 29.9 Å². The van der Waals surface area contributed by atoms with Crippen LogP contribution in [-0.4, -0.2) is 21.5 Å². The van der Waals surface area contributed by atoms with Crippen LogP contribution < -0.4 is 5.32 Å². The molecule has 1 atom stereocenters. The highest BCUT2D eigenvalue weighted by atomic mass is 19.1. The molecule has 0 saturated heterocycles. The molecule has 2 rings (SSSR count). The van der Waals surface area contributed by atoms with Gasteiger partial charge in [-0.05, 0) is 24.3 Å². The number of hydrogen-bond donors (Lipinski definition) is 2. The summed E-state index contributed by atoms with van der Waals surface area (Å²) in [5, 5.41) is 17.5. The maximum absolute atomic E-state index is 13.0. The fraction of sp³-hybridized carbons (Fsp3) is 0.438. The Morgan fingerprint density at radius 2 is 1.90 bits per heavy atom. The predicted octanol–water partition coefficient (Wildman–Crippen LogP) is 3.00. The molecule has 4 nitrogen and oxygen atoms in total. The summed E-state index contributed by atoms with van der Waals surface area (Å²) in [5.41, 5.74) is 2.55. The second kappa shape index (κ2) is 5.85. The number of hydrogen-bond acceptors (Lipinski definition) is 3. The highest BCUT2D eigenvalue weighted by Gasteiger charge is 2.26. The van der Waals surface area contributed by atoms with E-state index in [-0.39, 0.29) is 23.9 Å². The smallest absolute Gasteiger partial charge is 0.123 e. The van der Waals surface area contributed by atoms with Crippen molar-refractivity contribution in [2.75, 3.05) is 11.9 Å². The Bertz CT molecular complexity index is 599. The van der Waals surface area contributed by atoms with Crippen molar-refractivity contribution in [2.45, 2.75) is 32.2 Å². The Labute approximate surface area is 124 Å². The average molecular weight is 291 g/mol. The first kappa shape index (κ1) is 15.5. The van der Waals surface area contributed by atoms with E-state index in [1.165, 1.54) is 12.1 Å². The van der Waals surface area contributed by atoms with E-state index < -0.39 is 0 Å². The molecule has 114 valence electrons. The van der Waals surface area contributed by atoms with Crippen molar-refractivity contribution in [3.05, 3.63) is 47.5 Å². The lowest BCUT2D eigenvalue weighted by molar-refractivity contribution is 0.275. The highest BCUT2D eigenvalue weighted by molar-refractivity contribution is 5.46. The summed E-state index contributed by atoms with van der Waals surface area (Å²) in [7, 11) is 1.87. The van der Waals surface area contributed by atoms with Gasteiger partial charge >= 0.3 is 0 Å². The van der Waals surface area contributed by atoms with Crippen LogP contribution in [-0.2, 0) is 12.5 Å². The third kappa shape index (κ3) is 3.61. The van der Waals surface area contributed by atoms with Gasteiger partial charge in [-0.15, -0.1) is 0 Å². The molecule has 1 aromatic carbocycles. The van der Waals surface area contributed by atoms with E-state index in [4.69, 9.17) is 0 Å². The molecule has 0 saturated carbocycles. The Balaban J connectivity index is 2.31. The normalized spacial score (nSPS) is 13.2. The SMILES string of the molecule is Cn1cc(C(CO)Nc2ccc(F)cc2)c(C(C)(C)C)n1. The minimum Gasteiger partial charge on any atom is -0.394 e. The van der Waals surface area contributed by atoms with Gasteiger partial charge in [0.1, 0.15) is 5.82 Å². The van der Waals surface area contributed by atoms with E-state index in [1.54, 1.807) is 16.8 Å². The van der Waals surface area contributed by atoms with Gasteiger partial charge in [-0.1, -0.05) is 20.8 Å². The van der Waals surface area contributed by atoms with Crippen LogP contribution in [0.4, 0.5) is 10.1 Å². The predicted molar refractivity (Wildman–Crippen MR) is 81.8 cm³/mol. The average Bonchev–Trinajstić information content (AvgIpc) is 2.80. The van der Waals surface area contributed by atoms with Gasteiger partial charge in [-0.25, -0.2) is 4.39 Å². The van der Waals surface area contributed by atoms with E-state index in [9.17, 15) is 9.50 Å². The molecule has 0 aliphatic rings. The van der Waals surface area contributed by atoms with Crippen molar-refractivity contribution in [1.82, 2.24) is 9.78 Å². The molecular weight excluding hydrogens is 269 g/mol. The molecule has 2 aromatic rings. The molecule has 0 aliphatic heterocycles. The molecule has 1 unspecified atom stereocenters. The Hall–Kier alpha value is -1.88. The van der Waals surface area contributed by atoms with Gasteiger partial charge < -0.3 is 10.4 Å². The molecule has 5 heteroatoms. The molecule has 1 heterocycles. The van der Waals surface area contributed by atoms with Gasteiger partial charge in [0.15, 0.2) is 0 Å². The molecule has 0 spiro atoms. The summed E-state index contributed by atoms with van der Waals surface area (Å²) in [4.78, 5) is 0. The van der Waals surface area contributed by atoms with Crippen molar-refractivity contribution in [2.24, 2.45) is 7.05 Å². The number of nitrogens with one attached hydrogen (secondary N) is 1. The molecule has 0 radical (unpaired) electrons. The summed E-state index contributed by atoms with van der Waals surface area (Å²) in [6.07, 6.45) is 1.91. The summed E-state index contributed by atoms with van der Waals surface area (Å²) in [5.74, 6) is -0.280. The molecule has 21 heavy (non-hydrogen) atoms. The third-order valence-corrected chi connectivity index (χ3v) is 3.31. The fourth-order valence-electron chi connectivity index (χ4n) is 2.31. The van der Waals surface area contributed by atoms with Crippen LogP contribution in [0.3, 0.4) is 0 Å². The van der Waals surface area contributed by atoms with E-state index in [0.29, 0.717) is 0 Å². The van der Waals surface area contributed by atoms with Crippen LogP contribution in [0, 0.1) is 5.82 Å². The number of anilines is 1. The molecule has 2 N–H and O–H groups in total. The number of benzene rings is 1. The van der Waals surface area contributed by atoms with Gasteiger partial charge in [-0.3, -0.25) is 4.68 Å². The number of aromatic nitrogens is 2. The molecule has 1 aromatic heterocycles. The number of halogens is 1. The molecule has 0 fully saturated rings.